The zero-order valence-electron chi connectivity index (χ0n) is 35.2. The summed E-state index contributed by atoms with van der Waals surface area (Å²) < 4.78 is 13.6. The van der Waals surface area contributed by atoms with Gasteiger partial charge in [0.2, 0.25) is 0 Å². The first-order valence-electron chi connectivity index (χ1n) is 21.5. The zero-order chi connectivity index (χ0) is 41.7. The maximum absolute atomic E-state index is 7.15. The Hall–Kier alpha value is -7.56. The van der Waals surface area contributed by atoms with Gasteiger partial charge in [-0.2, -0.15) is 0 Å². The first-order valence-corrected chi connectivity index (χ1v) is 21.5. The second-order valence-electron chi connectivity index (χ2n) is 17.7. The molecule has 2 aliphatic carbocycles. The lowest BCUT2D eigenvalue weighted by Crippen LogP contribution is -2.23. The predicted octanol–water partition coefficient (Wildman–Crippen LogP) is 16.4. The molecule has 4 heteroatoms. The summed E-state index contributed by atoms with van der Waals surface area (Å²) in [6.45, 7) is 9.48. The van der Waals surface area contributed by atoms with E-state index >= 15 is 0 Å². The number of furan rings is 2. The average molecular weight is 801 g/mol. The largest absolute Gasteiger partial charge is 0.456 e. The van der Waals surface area contributed by atoms with Gasteiger partial charge in [-0.25, -0.2) is 0 Å². The van der Waals surface area contributed by atoms with E-state index in [2.05, 4.69) is 219 Å². The molecular weight excluding hydrogens is 757 g/mol. The van der Waals surface area contributed by atoms with Crippen LogP contribution < -0.4 is 9.80 Å². The quantitative estimate of drug-likeness (QED) is 0.161. The van der Waals surface area contributed by atoms with Gasteiger partial charge >= 0.3 is 0 Å². The molecule has 10 aromatic rings. The van der Waals surface area contributed by atoms with Crippen molar-refractivity contribution in [2.24, 2.45) is 0 Å². The second kappa shape index (κ2) is 13.5. The van der Waals surface area contributed by atoms with E-state index in [4.69, 9.17) is 8.83 Å². The maximum atomic E-state index is 7.15. The number of fused-ring (bicyclic) bond motifs is 10. The van der Waals surface area contributed by atoms with Crippen LogP contribution in [0.25, 0.3) is 55.7 Å². The fraction of sp³-hybridized carbons (Fsp3) is 0.103. The van der Waals surface area contributed by atoms with Crippen molar-refractivity contribution < 1.29 is 8.83 Å². The Bertz CT molecular complexity index is 3320. The molecule has 2 aromatic heterocycles. The predicted molar refractivity (Wildman–Crippen MR) is 256 cm³/mol. The van der Waals surface area contributed by atoms with Gasteiger partial charge in [0.05, 0.1) is 5.69 Å². The molecule has 2 aliphatic rings. The third-order valence-electron chi connectivity index (χ3n) is 13.4. The van der Waals surface area contributed by atoms with Crippen LogP contribution in [0, 0.1) is 0 Å². The van der Waals surface area contributed by atoms with E-state index in [0.717, 1.165) is 84.3 Å². The molecule has 0 radical (unpaired) electrons. The van der Waals surface area contributed by atoms with Crippen LogP contribution in [-0.4, -0.2) is 0 Å². The van der Waals surface area contributed by atoms with E-state index in [1.807, 2.05) is 12.1 Å². The second-order valence-corrected chi connectivity index (χ2v) is 17.7. The Balaban J connectivity index is 0.988. The number of rotatable bonds is 7. The molecule has 0 spiro atoms. The van der Waals surface area contributed by atoms with Crippen LogP contribution >= 0.6 is 0 Å². The fourth-order valence-electron chi connectivity index (χ4n) is 10.5. The Kier molecular flexibility index (Phi) is 7.89. The summed E-state index contributed by atoms with van der Waals surface area (Å²) in [6, 6.07) is 69.4. The van der Waals surface area contributed by atoms with Crippen molar-refractivity contribution in [3.05, 3.63) is 216 Å². The van der Waals surface area contributed by atoms with Crippen molar-refractivity contribution in [1.29, 1.82) is 0 Å². The molecule has 0 bridgehead atoms. The number of hydrogen-bond acceptors (Lipinski definition) is 4. The minimum atomic E-state index is -0.340. The Morgan fingerprint density at radius 3 is 1.47 bits per heavy atom. The molecule has 12 rings (SSSR count). The minimum Gasteiger partial charge on any atom is -0.456 e. The number of nitrogens with zero attached hydrogens (tertiary/aromatic N) is 2. The highest BCUT2D eigenvalue weighted by Crippen LogP contribution is 2.62. The first kappa shape index (κ1) is 36.3. The third-order valence-corrected chi connectivity index (χ3v) is 13.4. The summed E-state index contributed by atoms with van der Waals surface area (Å²) in [6.07, 6.45) is 0. The highest BCUT2D eigenvalue weighted by atomic mass is 16.3. The maximum Gasteiger partial charge on any atom is 0.139 e. The van der Waals surface area contributed by atoms with Gasteiger partial charge in [0.15, 0.2) is 0 Å². The summed E-state index contributed by atoms with van der Waals surface area (Å²) in [5, 5.41) is 2.23. The first-order chi connectivity index (χ1) is 30.3. The summed E-state index contributed by atoms with van der Waals surface area (Å²) >= 11 is 0. The van der Waals surface area contributed by atoms with E-state index in [0.29, 0.717) is 0 Å². The molecule has 0 saturated carbocycles. The van der Waals surface area contributed by atoms with Crippen molar-refractivity contribution in [2.75, 3.05) is 9.80 Å². The molecular formula is C58H44N2O2. The van der Waals surface area contributed by atoms with Crippen molar-refractivity contribution in [3.63, 3.8) is 0 Å². The molecule has 0 aliphatic heterocycles. The molecule has 0 N–H and O–H groups in total. The summed E-state index contributed by atoms with van der Waals surface area (Å²) in [5.74, 6) is 1.98. The SMILES string of the molecule is CC1(C)c2cc(N(c3ccccc3)c3ccccc3)ccc2-c2oc3c(c21)C(C)(C)c1cc(N(c2ccc4c(c2)oc2ccccc24)c2ccccc2-c2ccccc2)ccc1-3. The van der Waals surface area contributed by atoms with Crippen molar-refractivity contribution in [2.45, 2.75) is 38.5 Å². The van der Waals surface area contributed by atoms with Gasteiger partial charge in [-0.05, 0) is 102 Å². The Morgan fingerprint density at radius 1 is 0.355 bits per heavy atom. The number of benzene rings is 8. The van der Waals surface area contributed by atoms with Gasteiger partial charge in [0, 0.05) is 83.9 Å². The molecule has 8 aromatic carbocycles. The molecule has 2 heterocycles. The Labute approximate surface area is 361 Å². The average Bonchev–Trinajstić information content (AvgIpc) is 4.01. The molecule has 0 atom stereocenters. The highest BCUT2D eigenvalue weighted by Gasteiger charge is 2.50. The van der Waals surface area contributed by atoms with Crippen LogP contribution in [0.3, 0.4) is 0 Å². The number of para-hydroxylation sites is 4. The van der Waals surface area contributed by atoms with Gasteiger partial charge in [0.1, 0.15) is 22.7 Å². The topological polar surface area (TPSA) is 32.8 Å². The summed E-state index contributed by atoms with van der Waals surface area (Å²) in [5.41, 5.74) is 17.4. The smallest absolute Gasteiger partial charge is 0.139 e. The van der Waals surface area contributed by atoms with Crippen LogP contribution in [0.5, 0.6) is 0 Å². The van der Waals surface area contributed by atoms with Gasteiger partial charge in [-0.15, -0.1) is 0 Å². The van der Waals surface area contributed by atoms with Crippen molar-refractivity contribution in [3.8, 4) is 33.8 Å². The Morgan fingerprint density at radius 2 is 0.839 bits per heavy atom. The van der Waals surface area contributed by atoms with Crippen LogP contribution in [0.15, 0.2) is 203 Å². The van der Waals surface area contributed by atoms with E-state index in [-0.39, 0.29) is 10.8 Å². The van der Waals surface area contributed by atoms with Gasteiger partial charge < -0.3 is 18.6 Å². The normalized spacial score (nSPS) is 14.1. The van der Waals surface area contributed by atoms with E-state index < -0.39 is 0 Å². The number of anilines is 6. The van der Waals surface area contributed by atoms with Gasteiger partial charge in [-0.3, -0.25) is 0 Å². The minimum absolute atomic E-state index is 0.304. The zero-order valence-corrected chi connectivity index (χ0v) is 35.2. The van der Waals surface area contributed by atoms with Crippen molar-refractivity contribution >= 4 is 56.1 Å². The standard InChI is InChI=1S/C58H44N2O2/c1-57(2)48-34-40(59(38-20-10-6-11-21-38)39-22-12-7-13-23-39)29-32-46(48)55-53(57)54-56(62-55)47-33-30-41(35-49(47)58(54,3)4)60(50-26-16-14-24-43(50)37-18-8-5-9-19-37)42-28-31-45-44-25-15-17-27-51(44)61-52(45)36-42/h5-36H,1-4H3. The fourth-order valence-corrected chi connectivity index (χ4v) is 10.5. The third kappa shape index (κ3) is 5.32. The van der Waals surface area contributed by atoms with Gasteiger partial charge in [-0.1, -0.05) is 131 Å². The van der Waals surface area contributed by atoms with Crippen LogP contribution in [0.1, 0.15) is 49.9 Å². The lowest BCUT2D eigenvalue weighted by molar-refractivity contribution is 0.592. The highest BCUT2D eigenvalue weighted by molar-refractivity contribution is 6.06. The van der Waals surface area contributed by atoms with Gasteiger partial charge in [0.25, 0.3) is 0 Å². The molecule has 0 fully saturated rings. The summed E-state index contributed by atoms with van der Waals surface area (Å²) in [4.78, 5) is 4.73. The lowest BCUT2D eigenvalue weighted by Gasteiger charge is -2.31. The molecule has 0 unspecified atom stereocenters. The molecule has 298 valence electrons. The molecule has 62 heavy (non-hydrogen) atoms. The van der Waals surface area contributed by atoms with Crippen LogP contribution in [-0.2, 0) is 10.8 Å². The molecule has 0 saturated heterocycles. The monoisotopic (exact) mass is 800 g/mol. The summed E-state index contributed by atoms with van der Waals surface area (Å²) in [7, 11) is 0. The van der Waals surface area contributed by atoms with Crippen LogP contribution in [0.4, 0.5) is 34.1 Å². The van der Waals surface area contributed by atoms with Crippen LogP contribution in [0.2, 0.25) is 0 Å². The van der Waals surface area contributed by atoms with Crippen molar-refractivity contribution in [1.82, 2.24) is 0 Å². The van der Waals surface area contributed by atoms with E-state index in [1.54, 1.807) is 0 Å². The van der Waals surface area contributed by atoms with E-state index in [9.17, 15) is 0 Å². The molecule has 4 nitrogen and oxygen atoms in total. The molecule has 0 amide bonds. The van der Waals surface area contributed by atoms with E-state index in [1.165, 1.54) is 27.8 Å². The number of hydrogen-bond donors (Lipinski definition) is 0. The lowest BCUT2D eigenvalue weighted by atomic mass is 9.74.